The molecule has 0 aliphatic carbocycles. The van der Waals surface area contributed by atoms with Crippen LogP contribution in [0, 0.1) is 6.92 Å². The van der Waals surface area contributed by atoms with Gasteiger partial charge in [-0.1, -0.05) is 60.2 Å². The van der Waals surface area contributed by atoms with Gasteiger partial charge >= 0.3 is 6.03 Å². The zero-order valence-electron chi connectivity index (χ0n) is 14.8. The fraction of sp³-hybridized carbons (Fsp3) is 0.250. The third-order valence-corrected chi connectivity index (χ3v) is 4.50. The number of carbonyl (C=O) groups excluding carboxylic acids is 3. The highest BCUT2D eigenvalue weighted by molar-refractivity contribution is 6.09. The van der Waals surface area contributed by atoms with Crippen molar-refractivity contribution in [1.82, 2.24) is 15.5 Å². The maximum atomic E-state index is 12.8. The normalized spacial score (nSPS) is 19.4. The number of aryl methyl sites for hydroxylation is 1. The van der Waals surface area contributed by atoms with Crippen molar-refractivity contribution >= 4 is 17.8 Å². The largest absolute Gasteiger partial charge is 0.350 e. The molecule has 1 unspecified atom stereocenters. The summed E-state index contributed by atoms with van der Waals surface area (Å²) in [6, 6.07) is 16.2. The monoisotopic (exact) mass is 351 g/mol. The van der Waals surface area contributed by atoms with Crippen molar-refractivity contribution in [1.29, 1.82) is 0 Å². The van der Waals surface area contributed by atoms with E-state index >= 15 is 0 Å². The first-order valence-electron chi connectivity index (χ1n) is 8.42. The van der Waals surface area contributed by atoms with Crippen LogP contribution in [0.2, 0.25) is 0 Å². The van der Waals surface area contributed by atoms with E-state index in [-0.39, 0.29) is 12.5 Å². The molecule has 6 heteroatoms. The molecule has 2 aromatic carbocycles. The van der Waals surface area contributed by atoms with E-state index < -0.39 is 17.5 Å². The Morgan fingerprint density at radius 2 is 1.85 bits per heavy atom. The van der Waals surface area contributed by atoms with E-state index in [0.717, 1.165) is 16.0 Å². The number of imide groups is 1. The lowest BCUT2D eigenvalue weighted by Gasteiger charge is -2.22. The molecule has 1 aliphatic rings. The van der Waals surface area contributed by atoms with E-state index in [2.05, 4.69) is 10.6 Å². The summed E-state index contributed by atoms with van der Waals surface area (Å²) in [6.07, 6.45) is 0. The molecule has 3 rings (SSSR count). The van der Waals surface area contributed by atoms with Crippen molar-refractivity contribution in [2.45, 2.75) is 25.9 Å². The van der Waals surface area contributed by atoms with Crippen LogP contribution in [0.1, 0.15) is 23.6 Å². The molecule has 0 radical (unpaired) electrons. The van der Waals surface area contributed by atoms with Crippen LogP contribution in [-0.2, 0) is 21.7 Å². The number of amides is 4. The number of benzene rings is 2. The van der Waals surface area contributed by atoms with Gasteiger partial charge in [0, 0.05) is 6.54 Å². The quantitative estimate of drug-likeness (QED) is 0.810. The van der Waals surface area contributed by atoms with Crippen molar-refractivity contribution in [3.05, 3.63) is 71.3 Å². The van der Waals surface area contributed by atoms with Crippen LogP contribution >= 0.6 is 0 Å². The van der Waals surface area contributed by atoms with Gasteiger partial charge in [0.2, 0.25) is 5.91 Å². The second-order valence-corrected chi connectivity index (χ2v) is 6.58. The van der Waals surface area contributed by atoms with Crippen LogP contribution in [-0.4, -0.2) is 29.3 Å². The Balaban J connectivity index is 1.65. The second-order valence-electron chi connectivity index (χ2n) is 6.58. The molecule has 0 aromatic heterocycles. The van der Waals surface area contributed by atoms with Crippen LogP contribution in [0.4, 0.5) is 4.79 Å². The minimum absolute atomic E-state index is 0.307. The van der Waals surface area contributed by atoms with Gasteiger partial charge in [-0.3, -0.25) is 14.5 Å². The average Bonchev–Trinajstić information content (AvgIpc) is 2.85. The van der Waals surface area contributed by atoms with E-state index in [1.165, 1.54) is 0 Å². The Bertz CT molecular complexity index is 850. The molecule has 2 N–H and O–H groups in total. The van der Waals surface area contributed by atoms with Crippen molar-refractivity contribution in [3.63, 3.8) is 0 Å². The lowest BCUT2D eigenvalue weighted by Crippen LogP contribution is -2.43. The smallest absolute Gasteiger partial charge is 0.325 e. The van der Waals surface area contributed by atoms with Gasteiger partial charge in [-0.15, -0.1) is 0 Å². The second kappa shape index (κ2) is 7.00. The summed E-state index contributed by atoms with van der Waals surface area (Å²) in [4.78, 5) is 38.2. The van der Waals surface area contributed by atoms with E-state index in [1.54, 1.807) is 31.2 Å². The summed E-state index contributed by atoms with van der Waals surface area (Å²) in [5, 5.41) is 5.44. The summed E-state index contributed by atoms with van der Waals surface area (Å²) in [6.45, 7) is 3.66. The Morgan fingerprint density at radius 3 is 2.54 bits per heavy atom. The fourth-order valence-corrected chi connectivity index (χ4v) is 3.03. The maximum Gasteiger partial charge on any atom is 0.325 e. The van der Waals surface area contributed by atoms with Gasteiger partial charge < -0.3 is 10.6 Å². The minimum atomic E-state index is -1.16. The molecule has 1 saturated heterocycles. The van der Waals surface area contributed by atoms with Gasteiger partial charge in [0.15, 0.2) is 0 Å². The number of urea groups is 1. The molecule has 0 saturated carbocycles. The SMILES string of the molecule is Cc1cccc(CNC(=O)CN2C(=O)NC(C)(c3ccccc3)C2=O)c1. The third-order valence-electron chi connectivity index (χ3n) is 4.50. The van der Waals surface area contributed by atoms with Gasteiger partial charge in [0.25, 0.3) is 5.91 Å². The van der Waals surface area contributed by atoms with Crippen molar-refractivity contribution in [2.75, 3.05) is 6.54 Å². The zero-order chi connectivity index (χ0) is 18.7. The summed E-state index contributed by atoms with van der Waals surface area (Å²) in [5.74, 6) is -0.813. The van der Waals surface area contributed by atoms with Crippen LogP contribution in [0.25, 0.3) is 0 Å². The number of nitrogens with zero attached hydrogens (tertiary/aromatic N) is 1. The molecular formula is C20H21N3O3. The van der Waals surface area contributed by atoms with E-state index in [4.69, 9.17) is 0 Å². The van der Waals surface area contributed by atoms with Gasteiger partial charge in [0.1, 0.15) is 12.1 Å². The zero-order valence-corrected chi connectivity index (χ0v) is 14.8. The Hall–Kier alpha value is -3.15. The number of nitrogens with one attached hydrogen (secondary N) is 2. The third kappa shape index (κ3) is 3.44. The predicted octanol–water partition coefficient (Wildman–Crippen LogP) is 2.08. The summed E-state index contributed by atoms with van der Waals surface area (Å²) >= 11 is 0. The Morgan fingerprint density at radius 1 is 1.12 bits per heavy atom. The lowest BCUT2D eigenvalue weighted by molar-refractivity contribution is -0.134. The predicted molar refractivity (Wildman–Crippen MR) is 97.1 cm³/mol. The molecule has 26 heavy (non-hydrogen) atoms. The first kappa shape index (κ1) is 17.7. The van der Waals surface area contributed by atoms with Crippen LogP contribution in [0.3, 0.4) is 0 Å². The molecule has 1 atom stereocenters. The minimum Gasteiger partial charge on any atom is -0.350 e. The first-order chi connectivity index (χ1) is 12.4. The number of hydrogen-bond acceptors (Lipinski definition) is 3. The van der Waals surface area contributed by atoms with Gasteiger partial charge in [0.05, 0.1) is 0 Å². The molecular weight excluding hydrogens is 330 g/mol. The van der Waals surface area contributed by atoms with Crippen molar-refractivity contribution in [2.24, 2.45) is 0 Å². The summed E-state index contributed by atoms with van der Waals surface area (Å²) in [7, 11) is 0. The first-order valence-corrected chi connectivity index (χ1v) is 8.42. The molecule has 2 aromatic rings. The fourth-order valence-electron chi connectivity index (χ4n) is 3.03. The molecule has 1 heterocycles. The number of hydrogen-bond donors (Lipinski definition) is 2. The highest BCUT2D eigenvalue weighted by Gasteiger charge is 2.49. The maximum absolute atomic E-state index is 12.8. The molecule has 1 aliphatic heterocycles. The topological polar surface area (TPSA) is 78.5 Å². The van der Waals surface area contributed by atoms with Crippen LogP contribution < -0.4 is 10.6 Å². The molecule has 1 fully saturated rings. The van der Waals surface area contributed by atoms with Crippen molar-refractivity contribution in [3.8, 4) is 0 Å². The van der Waals surface area contributed by atoms with E-state index in [9.17, 15) is 14.4 Å². The van der Waals surface area contributed by atoms with Gasteiger partial charge in [-0.05, 0) is 25.0 Å². The highest BCUT2D eigenvalue weighted by atomic mass is 16.2. The van der Waals surface area contributed by atoms with E-state index in [1.807, 2.05) is 37.3 Å². The Kier molecular flexibility index (Phi) is 4.75. The average molecular weight is 351 g/mol. The standard InChI is InChI=1S/C20H21N3O3/c1-14-7-6-8-15(11-14)12-21-17(24)13-23-18(25)20(2,22-19(23)26)16-9-4-3-5-10-16/h3-11H,12-13H2,1-2H3,(H,21,24)(H,22,26). The summed E-state index contributed by atoms with van der Waals surface area (Å²) < 4.78 is 0. The summed E-state index contributed by atoms with van der Waals surface area (Å²) in [5.41, 5.74) is 1.59. The van der Waals surface area contributed by atoms with Crippen LogP contribution in [0.15, 0.2) is 54.6 Å². The highest BCUT2D eigenvalue weighted by Crippen LogP contribution is 2.28. The number of carbonyl (C=O) groups is 3. The number of rotatable bonds is 5. The van der Waals surface area contributed by atoms with Crippen molar-refractivity contribution < 1.29 is 14.4 Å². The molecule has 6 nitrogen and oxygen atoms in total. The molecule has 0 bridgehead atoms. The van der Waals surface area contributed by atoms with E-state index in [0.29, 0.717) is 12.1 Å². The Labute approximate surface area is 152 Å². The lowest BCUT2D eigenvalue weighted by atomic mass is 9.92. The molecule has 4 amide bonds. The molecule has 0 spiro atoms. The van der Waals surface area contributed by atoms with Gasteiger partial charge in [-0.2, -0.15) is 0 Å². The van der Waals surface area contributed by atoms with Gasteiger partial charge in [-0.25, -0.2) is 4.79 Å². The van der Waals surface area contributed by atoms with Crippen LogP contribution in [0.5, 0.6) is 0 Å². The molecule has 134 valence electrons.